The Balaban J connectivity index is 1.62. The van der Waals surface area contributed by atoms with E-state index in [2.05, 4.69) is 10.6 Å². The van der Waals surface area contributed by atoms with Crippen molar-refractivity contribution in [1.29, 1.82) is 0 Å². The Labute approximate surface area is 186 Å². The number of rotatable bonds is 8. The molecule has 1 aliphatic rings. The minimum Gasteiger partial charge on any atom is -0.507 e. The molecular formula is C24H28N2O6. The third-order valence-corrected chi connectivity index (χ3v) is 5.53. The number of amides is 2. The maximum Gasteiger partial charge on any atom is 0.408 e. The number of aromatic hydroxyl groups is 1. The first-order valence-electron chi connectivity index (χ1n) is 10.8. The average molecular weight is 440 g/mol. The largest absolute Gasteiger partial charge is 0.507 e. The zero-order valence-electron chi connectivity index (χ0n) is 17.8. The molecule has 8 heteroatoms. The van der Waals surface area contributed by atoms with Gasteiger partial charge in [-0.2, -0.15) is 0 Å². The highest BCUT2D eigenvalue weighted by Gasteiger charge is 2.25. The van der Waals surface area contributed by atoms with Crippen LogP contribution in [0.4, 0.5) is 4.79 Å². The fourth-order valence-corrected chi connectivity index (χ4v) is 3.78. The monoisotopic (exact) mass is 440 g/mol. The summed E-state index contributed by atoms with van der Waals surface area (Å²) < 4.78 is 5.08. The summed E-state index contributed by atoms with van der Waals surface area (Å²) in [6.07, 6.45) is 4.00. The second kappa shape index (κ2) is 11.2. The van der Waals surface area contributed by atoms with Gasteiger partial charge in [-0.1, -0.05) is 61.7 Å². The first kappa shape index (κ1) is 23.1. The van der Waals surface area contributed by atoms with E-state index in [9.17, 15) is 24.6 Å². The molecule has 3 rings (SSSR count). The number of benzene rings is 2. The van der Waals surface area contributed by atoms with E-state index < -0.39 is 24.0 Å². The highest BCUT2D eigenvalue weighted by Crippen LogP contribution is 2.25. The van der Waals surface area contributed by atoms with Crippen LogP contribution in [-0.4, -0.2) is 40.3 Å². The van der Waals surface area contributed by atoms with Gasteiger partial charge in [0.05, 0.1) is 5.56 Å². The van der Waals surface area contributed by atoms with E-state index in [-0.39, 0.29) is 35.9 Å². The van der Waals surface area contributed by atoms with Gasteiger partial charge in [0.2, 0.25) is 0 Å². The number of carbonyl (C=O) groups excluding carboxylic acids is 2. The van der Waals surface area contributed by atoms with Gasteiger partial charge in [0, 0.05) is 12.5 Å². The highest BCUT2D eigenvalue weighted by molar-refractivity contribution is 5.97. The number of alkyl carbamates (subject to hydrolysis) is 1. The average Bonchev–Trinajstić information content (AvgIpc) is 2.79. The summed E-state index contributed by atoms with van der Waals surface area (Å²) in [6, 6.07) is 12.3. The molecule has 2 amide bonds. The zero-order valence-corrected chi connectivity index (χ0v) is 17.8. The van der Waals surface area contributed by atoms with Crippen LogP contribution in [0.15, 0.2) is 48.5 Å². The number of carboxylic acids is 1. The van der Waals surface area contributed by atoms with Crippen molar-refractivity contribution < 1.29 is 29.3 Å². The molecule has 0 saturated heterocycles. The number of aliphatic carboxylic acids is 1. The molecule has 1 aliphatic carbocycles. The Morgan fingerprint density at radius 1 is 1.00 bits per heavy atom. The van der Waals surface area contributed by atoms with Crippen LogP contribution in [0.3, 0.4) is 0 Å². The Hall–Kier alpha value is -3.55. The fourth-order valence-electron chi connectivity index (χ4n) is 3.78. The van der Waals surface area contributed by atoms with E-state index in [1.165, 1.54) is 12.1 Å². The van der Waals surface area contributed by atoms with Gasteiger partial charge in [0.15, 0.2) is 0 Å². The summed E-state index contributed by atoms with van der Waals surface area (Å²) in [5.74, 6) is -1.96. The van der Waals surface area contributed by atoms with Gasteiger partial charge in [0.25, 0.3) is 5.91 Å². The van der Waals surface area contributed by atoms with Crippen molar-refractivity contribution >= 4 is 18.0 Å². The van der Waals surface area contributed by atoms with Crippen LogP contribution in [0, 0.1) is 0 Å². The molecule has 0 aliphatic heterocycles. The molecule has 170 valence electrons. The molecule has 32 heavy (non-hydrogen) atoms. The number of carbonyl (C=O) groups is 3. The molecule has 1 unspecified atom stereocenters. The topological polar surface area (TPSA) is 125 Å². The molecule has 1 fully saturated rings. The van der Waals surface area contributed by atoms with Crippen LogP contribution < -0.4 is 10.6 Å². The number of para-hydroxylation sites is 1. The molecule has 2 aromatic rings. The molecule has 0 aromatic heterocycles. The van der Waals surface area contributed by atoms with E-state index in [0.717, 1.165) is 37.7 Å². The van der Waals surface area contributed by atoms with Crippen molar-refractivity contribution in [2.45, 2.75) is 57.2 Å². The lowest BCUT2D eigenvalue weighted by Crippen LogP contribution is -2.42. The maximum atomic E-state index is 12.6. The van der Waals surface area contributed by atoms with Gasteiger partial charge in [0.1, 0.15) is 18.4 Å². The Kier molecular flexibility index (Phi) is 8.08. The van der Waals surface area contributed by atoms with Crippen LogP contribution in [0.2, 0.25) is 0 Å². The third kappa shape index (κ3) is 6.47. The van der Waals surface area contributed by atoms with E-state index in [4.69, 9.17) is 4.74 Å². The summed E-state index contributed by atoms with van der Waals surface area (Å²) in [7, 11) is 0. The van der Waals surface area contributed by atoms with Crippen molar-refractivity contribution in [1.82, 2.24) is 10.6 Å². The predicted molar refractivity (Wildman–Crippen MR) is 117 cm³/mol. The summed E-state index contributed by atoms with van der Waals surface area (Å²) in [4.78, 5) is 36.4. The van der Waals surface area contributed by atoms with Crippen LogP contribution >= 0.6 is 0 Å². The molecular weight excluding hydrogens is 412 g/mol. The minimum absolute atomic E-state index is 0.00108. The smallest absolute Gasteiger partial charge is 0.408 e. The quantitative estimate of drug-likeness (QED) is 0.499. The second-order valence-electron chi connectivity index (χ2n) is 7.92. The van der Waals surface area contributed by atoms with Crippen molar-refractivity contribution in [3.05, 3.63) is 65.2 Å². The molecule has 0 radical (unpaired) electrons. The summed E-state index contributed by atoms with van der Waals surface area (Å²) >= 11 is 0. The van der Waals surface area contributed by atoms with Crippen LogP contribution in [0.25, 0.3) is 0 Å². The molecule has 4 N–H and O–H groups in total. The van der Waals surface area contributed by atoms with Gasteiger partial charge < -0.3 is 25.6 Å². The molecule has 2 aromatic carbocycles. The number of hydrogen-bond acceptors (Lipinski definition) is 5. The van der Waals surface area contributed by atoms with Crippen molar-refractivity contribution in [2.24, 2.45) is 0 Å². The molecule has 8 nitrogen and oxygen atoms in total. The summed E-state index contributed by atoms with van der Waals surface area (Å²) in [5.41, 5.74) is 1.10. The lowest BCUT2D eigenvalue weighted by molar-refractivity contribution is -0.139. The highest BCUT2D eigenvalue weighted by atomic mass is 16.5. The van der Waals surface area contributed by atoms with Gasteiger partial charge in [-0.3, -0.25) is 4.79 Å². The predicted octanol–water partition coefficient (Wildman–Crippen LogP) is 3.38. The summed E-state index contributed by atoms with van der Waals surface area (Å²) in [6.45, 7) is 0.00108. The van der Waals surface area contributed by atoms with Gasteiger partial charge in [-0.05, 0) is 30.0 Å². The number of phenols is 1. The Morgan fingerprint density at radius 2 is 1.72 bits per heavy atom. The molecule has 1 atom stereocenters. The molecule has 0 spiro atoms. The van der Waals surface area contributed by atoms with Crippen LogP contribution in [-0.2, 0) is 22.6 Å². The van der Waals surface area contributed by atoms with E-state index in [1.54, 1.807) is 30.3 Å². The van der Waals surface area contributed by atoms with Crippen LogP contribution in [0.5, 0.6) is 5.75 Å². The van der Waals surface area contributed by atoms with E-state index >= 15 is 0 Å². The second-order valence-corrected chi connectivity index (χ2v) is 7.92. The first-order valence-corrected chi connectivity index (χ1v) is 10.8. The number of phenolic OH excluding ortho intramolecular Hbond substituents is 1. The van der Waals surface area contributed by atoms with E-state index in [0.29, 0.717) is 0 Å². The lowest BCUT2D eigenvalue weighted by atomic mass is 9.95. The molecule has 0 bridgehead atoms. The number of hydrogen-bond donors (Lipinski definition) is 4. The van der Waals surface area contributed by atoms with Gasteiger partial charge in [-0.15, -0.1) is 0 Å². The zero-order chi connectivity index (χ0) is 22.9. The summed E-state index contributed by atoms with van der Waals surface area (Å²) in [5, 5.41) is 25.4. The van der Waals surface area contributed by atoms with Crippen molar-refractivity contribution in [2.75, 3.05) is 0 Å². The normalized spacial score (nSPS) is 14.9. The number of nitrogens with one attached hydrogen (secondary N) is 2. The minimum atomic E-state index is -1.33. The van der Waals surface area contributed by atoms with Gasteiger partial charge in [-0.25, -0.2) is 9.59 Å². The SMILES string of the molecule is O=C(NC(Cc1cccc(C(=O)NC2CCCCC2)c1O)C(=O)O)OCc1ccccc1. The number of carboxylic acid groups (broad SMARTS) is 1. The maximum absolute atomic E-state index is 12.6. The Bertz CT molecular complexity index is 941. The molecule has 1 saturated carbocycles. The third-order valence-electron chi connectivity index (χ3n) is 5.53. The fraction of sp³-hybridized carbons (Fsp3) is 0.375. The molecule has 0 heterocycles. The first-order chi connectivity index (χ1) is 15.4. The van der Waals surface area contributed by atoms with E-state index in [1.807, 2.05) is 6.07 Å². The van der Waals surface area contributed by atoms with Crippen molar-refractivity contribution in [3.8, 4) is 5.75 Å². The lowest BCUT2D eigenvalue weighted by Gasteiger charge is -2.23. The van der Waals surface area contributed by atoms with Gasteiger partial charge >= 0.3 is 12.1 Å². The van der Waals surface area contributed by atoms with Crippen molar-refractivity contribution in [3.63, 3.8) is 0 Å². The standard InChI is InChI=1S/C24H28N2O6/c27-21-17(10-7-13-19(21)22(28)25-18-11-5-2-6-12-18)14-20(23(29)30)26-24(31)32-15-16-8-3-1-4-9-16/h1,3-4,7-10,13,18,20,27H,2,5-6,11-12,14-15H2,(H,25,28)(H,26,31)(H,29,30). The van der Waals surface area contributed by atoms with Crippen LogP contribution in [0.1, 0.15) is 53.6 Å². The number of ether oxygens (including phenoxy) is 1. The Morgan fingerprint density at radius 3 is 2.41 bits per heavy atom.